The lowest BCUT2D eigenvalue weighted by molar-refractivity contribution is -0.131. The molecular weight excluding hydrogens is 516 g/mol. The number of carbonyl (C=O) groups is 5. The van der Waals surface area contributed by atoms with Crippen LogP contribution in [0.1, 0.15) is 33.1 Å². The Kier molecular flexibility index (Phi) is 5.56. The van der Waals surface area contributed by atoms with Crippen LogP contribution in [0.5, 0.6) is 0 Å². The summed E-state index contributed by atoms with van der Waals surface area (Å²) >= 11 is 0. The van der Waals surface area contributed by atoms with Gasteiger partial charge >= 0.3 is 29.8 Å². The average Bonchev–Trinajstić information content (AvgIpc) is 3.62. The minimum atomic E-state index is -1.58. The van der Waals surface area contributed by atoms with Gasteiger partial charge in [0.2, 0.25) is 0 Å². The van der Waals surface area contributed by atoms with Gasteiger partial charge in [0.25, 0.3) is 0 Å². The van der Waals surface area contributed by atoms with Crippen LogP contribution in [0, 0.1) is 0 Å². The van der Waals surface area contributed by atoms with Crippen molar-refractivity contribution < 1.29 is 49.5 Å². The summed E-state index contributed by atoms with van der Waals surface area (Å²) < 4.78 is 0. The van der Waals surface area contributed by atoms with Gasteiger partial charge in [0.15, 0.2) is 0 Å². The van der Waals surface area contributed by atoms with Crippen LogP contribution in [0.15, 0.2) is 42.5 Å². The molecule has 4 aromatic rings. The summed E-state index contributed by atoms with van der Waals surface area (Å²) in [6, 6.07) is 8.63. The first-order chi connectivity index (χ1) is 18.5. The molecule has 0 saturated heterocycles. The van der Waals surface area contributed by atoms with Gasteiger partial charge in [0.1, 0.15) is 22.3 Å². The number of hydrogen-bond donors (Lipinski definition) is 9. The van der Waals surface area contributed by atoms with Crippen molar-refractivity contribution in [2.45, 2.75) is 0 Å². The van der Waals surface area contributed by atoms with Gasteiger partial charge in [-0.15, -0.1) is 0 Å². The SMILES string of the molecule is O=C(O)C1=c2ccc([nH]2)=C(C(=O)O)c2cc(C(=O)O)c([nH]2)C(C(=O)O)=c2ccc([nH]2)=C(C(=O)O)c2ccc1[nH]2. The van der Waals surface area contributed by atoms with Crippen molar-refractivity contribution in [2.75, 3.05) is 0 Å². The summed E-state index contributed by atoms with van der Waals surface area (Å²) in [6.45, 7) is 0. The number of rotatable bonds is 5. The van der Waals surface area contributed by atoms with Crippen LogP contribution in [-0.2, 0) is 19.2 Å². The number of carboxylic acids is 5. The summed E-state index contributed by atoms with van der Waals surface area (Å²) in [4.78, 5) is 71.7. The van der Waals surface area contributed by atoms with Crippen LogP contribution >= 0.6 is 0 Å². The highest BCUT2D eigenvalue weighted by molar-refractivity contribution is 6.19. The van der Waals surface area contributed by atoms with Crippen LogP contribution in [-0.4, -0.2) is 75.3 Å². The molecule has 0 amide bonds. The number of carboxylic acid groups (broad SMARTS) is 5. The lowest BCUT2D eigenvalue weighted by Gasteiger charge is -2.03. The molecule has 39 heavy (non-hydrogen) atoms. The fourth-order valence-corrected chi connectivity index (χ4v) is 4.50. The maximum atomic E-state index is 12.3. The molecule has 14 heteroatoms. The zero-order chi connectivity index (χ0) is 28.2. The first kappa shape index (κ1) is 24.6. The van der Waals surface area contributed by atoms with E-state index in [0.717, 1.165) is 6.07 Å². The molecule has 0 saturated carbocycles. The standard InChI is InChI=1S/C25H16N4O10/c30-21(31)8-7-15-18(24(36)37)13-4-3-11(27-13)16(22(32)33)9-1-2-10(26-9)17(23(34)35)12-5-6-14(28-12)19(25(38)39)20(8)29-15/h1-7,26-29H,(H,30,31)(H,32,33)(H,34,35)(H,36,37)(H,38,39). The molecule has 0 atom stereocenters. The number of fused-ring (bicyclic) bond motifs is 8. The van der Waals surface area contributed by atoms with Gasteiger partial charge in [-0.25, -0.2) is 24.0 Å². The maximum Gasteiger partial charge on any atom is 0.339 e. The molecule has 1 aliphatic rings. The van der Waals surface area contributed by atoms with Crippen LogP contribution in [0.25, 0.3) is 22.3 Å². The second-order valence-electron chi connectivity index (χ2n) is 8.35. The van der Waals surface area contributed by atoms with Crippen molar-refractivity contribution >= 4 is 52.1 Å². The number of hydrogen-bond acceptors (Lipinski definition) is 5. The Morgan fingerprint density at radius 1 is 0.436 bits per heavy atom. The molecule has 14 nitrogen and oxygen atoms in total. The van der Waals surface area contributed by atoms with Crippen LogP contribution in [0.2, 0.25) is 0 Å². The molecule has 196 valence electrons. The quantitative estimate of drug-likeness (QED) is 0.139. The Morgan fingerprint density at radius 3 is 1.21 bits per heavy atom. The van der Waals surface area contributed by atoms with E-state index in [1.54, 1.807) is 0 Å². The second-order valence-corrected chi connectivity index (χ2v) is 8.35. The molecular formula is C25H16N4O10. The molecule has 0 spiro atoms. The lowest BCUT2D eigenvalue weighted by Crippen LogP contribution is -2.24. The third-order valence-electron chi connectivity index (χ3n) is 6.10. The third-order valence-corrected chi connectivity index (χ3v) is 6.10. The van der Waals surface area contributed by atoms with Gasteiger partial charge in [-0.3, -0.25) is 0 Å². The molecule has 4 aromatic heterocycles. The monoisotopic (exact) mass is 532 g/mol. The van der Waals surface area contributed by atoms with Crippen molar-refractivity contribution in [3.63, 3.8) is 0 Å². The molecule has 0 radical (unpaired) electrons. The van der Waals surface area contributed by atoms with E-state index in [-0.39, 0.29) is 49.6 Å². The minimum absolute atomic E-state index is 0.00601. The second kappa shape index (κ2) is 8.81. The van der Waals surface area contributed by atoms with E-state index < -0.39 is 52.3 Å². The van der Waals surface area contributed by atoms with Crippen molar-refractivity contribution in [1.82, 2.24) is 19.9 Å². The molecule has 0 aliphatic carbocycles. The van der Waals surface area contributed by atoms with Gasteiger partial charge in [-0.1, -0.05) is 0 Å². The maximum absolute atomic E-state index is 12.3. The number of H-pyrrole nitrogens is 4. The Labute approximate surface area is 214 Å². The first-order valence-electron chi connectivity index (χ1n) is 10.9. The van der Waals surface area contributed by atoms with Crippen molar-refractivity contribution in [2.24, 2.45) is 0 Å². The van der Waals surface area contributed by atoms with Gasteiger partial charge < -0.3 is 45.5 Å². The molecule has 0 fully saturated rings. The van der Waals surface area contributed by atoms with E-state index in [1.807, 2.05) is 0 Å². The Hall–Kier alpha value is -6.05. The predicted octanol–water partition coefficient (Wildman–Crippen LogP) is -1.85. The molecule has 5 rings (SSSR count). The largest absolute Gasteiger partial charge is 0.478 e. The van der Waals surface area contributed by atoms with E-state index in [9.17, 15) is 49.5 Å². The van der Waals surface area contributed by atoms with Gasteiger partial charge in [0.05, 0.1) is 49.7 Å². The fourth-order valence-electron chi connectivity index (χ4n) is 4.50. The average molecular weight is 532 g/mol. The summed E-state index contributed by atoms with van der Waals surface area (Å²) in [5.41, 5.74) is -3.09. The smallest absolute Gasteiger partial charge is 0.339 e. The fraction of sp³-hybridized carbons (Fsp3) is 0. The van der Waals surface area contributed by atoms with E-state index >= 15 is 0 Å². The summed E-state index contributed by atoms with van der Waals surface area (Å²) in [6.07, 6.45) is 0. The van der Waals surface area contributed by atoms with Gasteiger partial charge in [-0.2, -0.15) is 0 Å². The predicted molar refractivity (Wildman–Crippen MR) is 129 cm³/mol. The number of aliphatic carboxylic acids is 4. The molecule has 0 unspecified atom stereocenters. The topological polar surface area (TPSA) is 250 Å². The first-order valence-corrected chi connectivity index (χ1v) is 10.9. The van der Waals surface area contributed by atoms with E-state index in [1.165, 1.54) is 36.4 Å². The Morgan fingerprint density at radius 2 is 0.821 bits per heavy atom. The number of aromatic nitrogens is 4. The van der Waals surface area contributed by atoms with Crippen molar-refractivity contribution in [3.05, 3.63) is 92.2 Å². The van der Waals surface area contributed by atoms with Crippen molar-refractivity contribution in [1.29, 1.82) is 0 Å². The van der Waals surface area contributed by atoms with Gasteiger partial charge in [-0.05, 0) is 42.5 Å². The van der Waals surface area contributed by atoms with Crippen LogP contribution < -0.4 is 21.4 Å². The van der Waals surface area contributed by atoms with E-state index in [4.69, 9.17) is 0 Å². The van der Waals surface area contributed by atoms with E-state index in [0.29, 0.717) is 0 Å². The normalized spacial score (nSPS) is 12.9. The highest BCUT2D eigenvalue weighted by atomic mass is 16.4. The zero-order valence-electron chi connectivity index (χ0n) is 19.3. The molecule has 8 bridgehead atoms. The summed E-state index contributed by atoms with van der Waals surface area (Å²) in [5, 5.41) is 49.2. The van der Waals surface area contributed by atoms with Crippen LogP contribution in [0.4, 0.5) is 0 Å². The molecule has 5 heterocycles. The number of aromatic amines is 4. The lowest BCUT2D eigenvalue weighted by atomic mass is 10.1. The third kappa shape index (κ3) is 3.97. The molecule has 9 N–H and O–H groups in total. The Balaban J connectivity index is 2.06. The van der Waals surface area contributed by atoms with Gasteiger partial charge in [0, 0.05) is 0 Å². The van der Waals surface area contributed by atoms with Crippen molar-refractivity contribution in [3.8, 4) is 0 Å². The zero-order valence-corrected chi connectivity index (χ0v) is 19.3. The summed E-state index contributed by atoms with van der Waals surface area (Å²) in [7, 11) is 0. The summed E-state index contributed by atoms with van der Waals surface area (Å²) in [5.74, 6) is -7.51. The highest BCUT2D eigenvalue weighted by Crippen LogP contribution is 2.23. The number of nitrogens with one attached hydrogen (secondary N) is 4. The van der Waals surface area contributed by atoms with E-state index in [2.05, 4.69) is 19.9 Å². The Bertz CT molecular complexity index is 2010. The minimum Gasteiger partial charge on any atom is -0.478 e. The molecule has 0 aromatic carbocycles. The van der Waals surface area contributed by atoms with Crippen LogP contribution in [0.3, 0.4) is 0 Å². The number of aromatic carboxylic acids is 1. The highest BCUT2D eigenvalue weighted by Gasteiger charge is 2.27. The molecule has 1 aliphatic heterocycles.